The average molecular weight is 266 g/mol. The van der Waals surface area contributed by atoms with Gasteiger partial charge in [0.25, 0.3) is 0 Å². The summed E-state index contributed by atoms with van der Waals surface area (Å²) in [6.07, 6.45) is 6.37. The summed E-state index contributed by atoms with van der Waals surface area (Å²) in [6.45, 7) is 0. The van der Waals surface area contributed by atoms with Crippen molar-refractivity contribution < 1.29 is 23.4 Å². The molecular formula is C14H18O5. The quantitative estimate of drug-likeness (QED) is 0.786. The van der Waals surface area contributed by atoms with E-state index in [1.54, 1.807) is 20.5 Å². The molecule has 0 aromatic carbocycles. The van der Waals surface area contributed by atoms with Crippen molar-refractivity contribution in [3.8, 4) is 0 Å². The summed E-state index contributed by atoms with van der Waals surface area (Å²) in [5.41, 5.74) is 0. The lowest BCUT2D eigenvalue weighted by Gasteiger charge is -2.46. The van der Waals surface area contributed by atoms with Gasteiger partial charge in [-0.3, -0.25) is 0 Å². The fourth-order valence-electron chi connectivity index (χ4n) is 2.65. The Balaban J connectivity index is 1.83. The number of rotatable bonds is 3. The molecule has 0 aliphatic carbocycles. The van der Waals surface area contributed by atoms with E-state index in [2.05, 4.69) is 0 Å². The Morgan fingerprint density at radius 1 is 1.32 bits per heavy atom. The van der Waals surface area contributed by atoms with Gasteiger partial charge in [0.15, 0.2) is 6.29 Å². The van der Waals surface area contributed by atoms with Crippen LogP contribution in [0.3, 0.4) is 0 Å². The number of hydrogen-bond acceptors (Lipinski definition) is 5. The fraction of sp³-hybridized carbons (Fsp3) is 0.571. The standard InChI is InChI=1S/C14H18O5/c1-15-13-7-8-14(16-2)12(18-13)6-5-11(19-14)10-4-3-9-17-10/h3-4,7-9,11-13H,5-6H2,1-2H3/t11-,12+,13-,14-/m1/s1. The van der Waals surface area contributed by atoms with E-state index in [-0.39, 0.29) is 18.5 Å². The monoisotopic (exact) mass is 266 g/mol. The van der Waals surface area contributed by atoms with Crippen LogP contribution in [-0.4, -0.2) is 32.4 Å². The first-order chi connectivity index (χ1) is 9.27. The van der Waals surface area contributed by atoms with Crippen molar-refractivity contribution in [2.75, 3.05) is 14.2 Å². The number of furan rings is 1. The molecule has 1 aromatic rings. The molecule has 4 atom stereocenters. The first kappa shape index (κ1) is 12.9. The molecule has 0 bridgehead atoms. The summed E-state index contributed by atoms with van der Waals surface area (Å²) in [6, 6.07) is 3.78. The van der Waals surface area contributed by atoms with Crippen molar-refractivity contribution in [3.05, 3.63) is 36.3 Å². The molecule has 3 rings (SSSR count). The van der Waals surface area contributed by atoms with Crippen molar-refractivity contribution in [1.82, 2.24) is 0 Å². The topological polar surface area (TPSA) is 50.1 Å². The summed E-state index contributed by atoms with van der Waals surface area (Å²) in [7, 11) is 3.24. The van der Waals surface area contributed by atoms with Crippen LogP contribution in [0.25, 0.3) is 0 Å². The van der Waals surface area contributed by atoms with Gasteiger partial charge in [0.1, 0.15) is 18.0 Å². The van der Waals surface area contributed by atoms with Gasteiger partial charge >= 0.3 is 0 Å². The maximum atomic E-state index is 6.08. The predicted molar refractivity (Wildman–Crippen MR) is 66.3 cm³/mol. The molecule has 104 valence electrons. The maximum absolute atomic E-state index is 6.08. The molecule has 0 amide bonds. The Labute approximate surface area is 112 Å². The number of methoxy groups -OCH3 is 2. The van der Waals surface area contributed by atoms with Crippen LogP contribution >= 0.6 is 0 Å². The van der Waals surface area contributed by atoms with E-state index in [1.165, 1.54) is 0 Å². The molecule has 0 saturated carbocycles. The second kappa shape index (κ2) is 5.09. The van der Waals surface area contributed by atoms with Gasteiger partial charge in [-0.05, 0) is 37.1 Å². The van der Waals surface area contributed by atoms with Crippen LogP contribution in [0, 0.1) is 0 Å². The van der Waals surface area contributed by atoms with Crippen molar-refractivity contribution in [3.63, 3.8) is 0 Å². The van der Waals surface area contributed by atoms with Crippen molar-refractivity contribution >= 4 is 0 Å². The van der Waals surface area contributed by atoms with Gasteiger partial charge in [0.2, 0.25) is 5.79 Å². The van der Waals surface area contributed by atoms with Gasteiger partial charge < -0.3 is 23.4 Å². The van der Waals surface area contributed by atoms with Crippen LogP contribution in [0.4, 0.5) is 0 Å². The molecule has 19 heavy (non-hydrogen) atoms. The zero-order valence-corrected chi connectivity index (χ0v) is 11.1. The first-order valence-electron chi connectivity index (χ1n) is 6.41. The molecular weight excluding hydrogens is 248 g/mol. The van der Waals surface area contributed by atoms with E-state index >= 15 is 0 Å². The van der Waals surface area contributed by atoms with Crippen LogP contribution in [0.5, 0.6) is 0 Å². The first-order valence-corrected chi connectivity index (χ1v) is 6.41. The van der Waals surface area contributed by atoms with Crippen LogP contribution in [-0.2, 0) is 18.9 Å². The number of ether oxygens (including phenoxy) is 4. The van der Waals surface area contributed by atoms with Crippen molar-refractivity contribution in [2.24, 2.45) is 0 Å². The zero-order chi connectivity index (χ0) is 13.3. The minimum absolute atomic E-state index is 0.112. The lowest BCUT2D eigenvalue weighted by atomic mass is 9.94. The highest BCUT2D eigenvalue weighted by molar-refractivity contribution is 5.12. The smallest absolute Gasteiger partial charge is 0.215 e. The molecule has 3 heterocycles. The van der Waals surface area contributed by atoms with Crippen molar-refractivity contribution in [2.45, 2.75) is 37.1 Å². The molecule has 1 saturated heterocycles. The lowest BCUT2D eigenvalue weighted by Crippen LogP contribution is -2.53. The number of hydrogen-bond donors (Lipinski definition) is 0. The Bertz CT molecular complexity index is 441. The summed E-state index contributed by atoms with van der Waals surface area (Å²) in [5, 5.41) is 0. The van der Waals surface area contributed by atoms with Gasteiger partial charge in [-0.2, -0.15) is 0 Å². The van der Waals surface area contributed by atoms with Crippen molar-refractivity contribution in [1.29, 1.82) is 0 Å². The highest BCUT2D eigenvalue weighted by Crippen LogP contribution is 2.42. The third kappa shape index (κ3) is 2.23. The SMILES string of the molecule is CO[C@H]1C=C[C@@]2(OC)O[C@@H](c3ccco3)CC[C@@H]2O1. The lowest BCUT2D eigenvalue weighted by molar-refractivity contribution is -0.323. The Hall–Kier alpha value is -1.14. The van der Waals surface area contributed by atoms with E-state index < -0.39 is 5.79 Å². The third-order valence-electron chi connectivity index (χ3n) is 3.66. The minimum atomic E-state index is -0.856. The van der Waals surface area contributed by atoms with Crippen LogP contribution in [0.2, 0.25) is 0 Å². The van der Waals surface area contributed by atoms with Gasteiger partial charge in [-0.1, -0.05) is 0 Å². The summed E-state index contributed by atoms with van der Waals surface area (Å²) >= 11 is 0. The Morgan fingerprint density at radius 3 is 2.89 bits per heavy atom. The summed E-state index contributed by atoms with van der Waals surface area (Å²) in [5.74, 6) is -0.0396. The molecule has 0 unspecified atom stereocenters. The largest absolute Gasteiger partial charge is 0.467 e. The van der Waals surface area contributed by atoms with Crippen LogP contribution in [0.15, 0.2) is 35.0 Å². The van der Waals surface area contributed by atoms with Gasteiger partial charge in [-0.15, -0.1) is 0 Å². The third-order valence-corrected chi connectivity index (χ3v) is 3.66. The fourth-order valence-corrected chi connectivity index (χ4v) is 2.65. The molecule has 0 radical (unpaired) electrons. The van der Waals surface area contributed by atoms with Gasteiger partial charge in [0, 0.05) is 14.2 Å². The Kier molecular flexibility index (Phi) is 3.45. The second-order valence-corrected chi connectivity index (χ2v) is 4.71. The highest BCUT2D eigenvalue weighted by Gasteiger charge is 2.48. The maximum Gasteiger partial charge on any atom is 0.215 e. The molecule has 2 aliphatic rings. The van der Waals surface area contributed by atoms with Gasteiger partial charge in [-0.25, -0.2) is 0 Å². The Morgan fingerprint density at radius 2 is 2.21 bits per heavy atom. The average Bonchev–Trinajstić information content (AvgIpc) is 3.00. The van der Waals surface area contributed by atoms with Crippen LogP contribution in [0.1, 0.15) is 24.7 Å². The molecule has 1 fully saturated rings. The molecule has 1 aromatic heterocycles. The zero-order valence-electron chi connectivity index (χ0n) is 11.1. The van der Waals surface area contributed by atoms with Crippen LogP contribution < -0.4 is 0 Å². The second-order valence-electron chi connectivity index (χ2n) is 4.71. The molecule has 0 spiro atoms. The predicted octanol–water partition coefficient (Wildman–Crippen LogP) is 2.40. The van der Waals surface area contributed by atoms with Gasteiger partial charge in [0.05, 0.1) is 6.26 Å². The minimum Gasteiger partial charge on any atom is -0.467 e. The highest BCUT2D eigenvalue weighted by atomic mass is 16.7. The normalized spacial score (nSPS) is 38.1. The van der Waals surface area contributed by atoms with E-state index in [0.717, 1.165) is 18.6 Å². The number of fused-ring (bicyclic) bond motifs is 1. The molecule has 5 nitrogen and oxygen atoms in total. The molecule has 5 heteroatoms. The summed E-state index contributed by atoms with van der Waals surface area (Å²) in [4.78, 5) is 0. The summed E-state index contributed by atoms with van der Waals surface area (Å²) < 4.78 is 28.1. The van der Waals surface area contributed by atoms with E-state index in [0.29, 0.717) is 0 Å². The van der Waals surface area contributed by atoms with E-state index in [4.69, 9.17) is 23.4 Å². The molecule has 0 N–H and O–H groups in total. The van der Waals surface area contributed by atoms with E-state index in [9.17, 15) is 0 Å². The molecule has 2 aliphatic heterocycles. The van der Waals surface area contributed by atoms with E-state index in [1.807, 2.05) is 24.3 Å².